The molecule has 1 saturated heterocycles. The van der Waals surface area contributed by atoms with Gasteiger partial charge in [0.2, 0.25) is 0 Å². The van der Waals surface area contributed by atoms with E-state index < -0.39 is 0 Å². The first-order chi connectivity index (χ1) is 16.1. The molecule has 2 aliphatic heterocycles. The maximum atomic E-state index is 13.9. The fraction of sp³-hybridized carbons (Fsp3) is 0.286. The first-order valence-corrected chi connectivity index (χ1v) is 11.7. The standard InChI is InChI=1S/C28H28N2O3/c1-3-33-22-13-11-21(12-14-22)25-26(29-17-15-19(2)16-18-29)28(32)30(27(25)31)24-10-6-8-20-7-4-5-9-23(20)24/h4-14,19H,3,15-18H2,1-2H3. The lowest BCUT2D eigenvalue weighted by atomic mass is 9.97. The molecular weight excluding hydrogens is 412 g/mol. The highest BCUT2D eigenvalue weighted by atomic mass is 16.5. The van der Waals surface area contributed by atoms with Gasteiger partial charge in [-0.1, -0.05) is 55.5 Å². The molecule has 1 fully saturated rings. The SMILES string of the molecule is CCOc1ccc(C2=C(N3CCC(C)CC3)C(=O)N(c3cccc4ccccc34)C2=O)cc1. The number of nitrogens with zero attached hydrogens (tertiary/aromatic N) is 2. The van der Waals surface area contributed by atoms with Gasteiger partial charge in [0.1, 0.15) is 11.4 Å². The first-order valence-electron chi connectivity index (χ1n) is 11.7. The summed E-state index contributed by atoms with van der Waals surface area (Å²) >= 11 is 0. The molecule has 5 heteroatoms. The third kappa shape index (κ3) is 3.78. The Morgan fingerprint density at radius 2 is 1.58 bits per heavy atom. The van der Waals surface area contributed by atoms with Crippen LogP contribution in [0.1, 0.15) is 32.3 Å². The molecule has 168 valence electrons. The Morgan fingerprint density at radius 3 is 2.30 bits per heavy atom. The highest BCUT2D eigenvalue weighted by Gasteiger charge is 2.43. The fourth-order valence-corrected chi connectivity index (χ4v) is 4.81. The molecule has 0 saturated carbocycles. The molecule has 2 amide bonds. The van der Waals surface area contributed by atoms with Crippen molar-refractivity contribution in [2.24, 2.45) is 5.92 Å². The molecule has 0 aliphatic carbocycles. The molecule has 0 aromatic heterocycles. The van der Waals surface area contributed by atoms with Crippen molar-refractivity contribution < 1.29 is 14.3 Å². The van der Waals surface area contributed by atoms with Gasteiger partial charge in [-0.25, -0.2) is 4.90 Å². The second-order valence-electron chi connectivity index (χ2n) is 8.79. The van der Waals surface area contributed by atoms with Gasteiger partial charge >= 0.3 is 0 Å². The van der Waals surface area contributed by atoms with Gasteiger partial charge in [0, 0.05) is 18.5 Å². The summed E-state index contributed by atoms with van der Waals surface area (Å²) < 4.78 is 5.58. The number of ether oxygens (including phenoxy) is 1. The van der Waals surface area contributed by atoms with E-state index in [4.69, 9.17) is 4.74 Å². The minimum Gasteiger partial charge on any atom is -0.494 e. The van der Waals surface area contributed by atoms with Crippen LogP contribution in [-0.2, 0) is 9.59 Å². The molecule has 5 nitrogen and oxygen atoms in total. The van der Waals surface area contributed by atoms with Crippen LogP contribution in [0.15, 0.2) is 72.4 Å². The maximum Gasteiger partial charge on any atom is 0.282 e. The molecule has 0 spiro atoms. The van der Waals surface area contributed by atoms with Gasteiger partial charge in [0.15, 0.2) is 0 Å². The van der Waals surface area contributed by atoms with E-state index in [0.29, 0.717) is 29.5 Å². The number of fused-ring (bicyclic) bond motifs is 1. The van der Waals surface area contributed by atoms with Crippen molar-refractivity contribution in [1.29, 1.82) is 0 Å². The molecule has 3 aromatic rings. The second-order valence-corrected chi connectivity index (χ2v) is 8.79. The number of carbonyl (C=O) groups excluding carboxylic acids is 2. The van der Waals surface area contributed by atoms with Crippen molar-refractivity contribution in [3.8, 4) is 5.75 Å². The maximum absolute atomic E-state index is 13.9. The zero-order valence-corrected chi connectivity index (χ0v) is 19.1. The summed E-state index contributed by atoms with van der Waals surface area (Å²) in [7, 11) is 0. The van der Waals surface area contributed by atoms with Crippen molar-refractivity contribution in [2.45, 2.75) is 26.7 Å². The Kier molecular flexibility index (Phi) is 5.63. The van der Waals surface area contributed by atoms with Crippen molar-refractivity contribution >= 4 is 33.8 Å². The normalized spacial score (nSPS) is 17.4. The average Bonchev–Trinajstić information content (AvgIpc) is 3.10. The monoisotopic (exact) mass is 440 g/mol. The number of rotatable bonds is 5. The van der Waals surface area contributed by atoms with Crippen LogP contribution in [0.4, 0.5) is 5.69 Å². The summed E-state index contributed by atoms with van der Waals surface area (Å²) in [6, 6.07) is 21.1. The Bertz CT molecular complexity index is 1230. The van der Waals surface area contributed by atoms with Gasteiger partial charge in [-0.2, -0.15) is 0 Å². The summed E-state index contributed by atoms with van der Waals surface area (Å²) in [6.07, 6.45) is 2.02. The lowest BCUT2D eigenvalue weighted by molar-refractivity contribution is -0.120. The summed E-state index contributed by atoms with van der Waals surface area (Å²) in [4.78, 5) is 31.2. The number of benzene rings is 3. The van der Waals surface area contributed by atoms with Gasteiger partial charge in [-0.3, -0.25) is 9.59 Å². The zero-order chi connectivity index (χ0) is 22.9. The van der Waals surface area contributed by atoms with Crippen molar-refractivity contribution in [3.05, 3.63) is 78.0 Å². The third-order valence-electron chi connectivity index (χ3n) is 6.62. The number of likely N-dealkylation sites (tertiary alicyclic amines) is 1. The quantitative estimate of drug-likeness (QED) is 0.508. The number of hydrogen-bond acceptors (Lipinski definition) is 4. The van der Waals surface area contributed by atoms with Gasteiger partial charge in [0.05, 0.1) is 17.9 Å². The Morgan fingerprint density at radius 1 is 0.879 bits per heavy atom. The van der Waals surface area contributed by atoms with Gasteiger partial charge < -0.3 is 9.64 Å². The molecule has 33 heavy (non-hydrogen) atoms. The molecule has 0 atom stereocenters. The highest BCUT2D eigenvalue weighted by molar-refractivity contribution is 6.46. The van der Waals surface area contributed by atoms with Crippen LogP contribution in [0.3, 0.4) is 0 Å². The van der Waals surface area contributed by atoms with Crippen LogP contribution >= 0.6 is 0 Å². The van der Waals surface area contributed by atoms with Crippen molar-refractivity contribution in [2.75, 3.05) is 24.6 Å². The summed E-state index contributed by atoms with van der Waals surface area (Å²) in [5.41, 5.74) is 2.37. The molecule has 5 rings (SSSR count). The van der Waals surface area contributed by atoms with Crippen LogP contribution in [0, 0.1) is 5.92 Å². The molecule has 0 bridgehead atoms. The molecule has 0 unspecified atom stereocenters. The van der Waals surface area contributed by atoms with E-state index in [0.717, 1.165) is 48.0 Å². The van der Waals surface area contributed by atoms with Gasteiger partial charge in [-0.15, -0.1) is 0 Å². The largest absolute Gasteiger partial charge is 0.494 e. The second kappa shape index (κ2) is 8.74. The van der Waals surface area contributed by atoms with Crippen molar-refractivity contribution in [3.63, 3.8) is 0 Å². The number of anilines is 1. The minimum atomic E-state index is -0.269. The van der Waals surface area contributed by atoms with Crippen LogP contribution in [0.2, 0.25) is 0 Å². The number of hydrogen-bond donors (Lipinski definition) is 0. The smallest absolute Gasteiger partial charge is 0.282 e. The van der Waals surface area contributed by atoms with Gasteiger partial charge in [-0.05, 0) is 54.8 Å². The van der Waals surface area contributed by atoms with E-state index in [-0.39, 0.29) is 11.8 Å². The Balaban J connectivity index is 1.62. The predicted octanol–water partition coefficient (Wildman–Crippen LogP) is 5.25. The van der Waals surface area contributed by atoms with Gasteiger partial charge in [0.25, 0.3) is 11.8 Å². The van der Waals surface area contributed by atoms with E-state index >= 15 is 0 Å². The predicted molar refractivity (Wildman–Crippen MR) is 131 cm³/mol. The molecule has 2 aliphatic rings. The molecular formula is C28H28N2O3. The molecule has 0 N–H and O–H groups in total. The molecule has 2 heterocycles. The van der Waals surface area contributed by atoms with E-state index in [1.807, 2.05) is 73.7 Å². The van der Waals surface area contributed by atoms with Crippen molar-refractivity contribution in [1.82, 2.24) is 4.90 Å². The summed E-state index contributed by atoms with van der Waals surface area (Å²) in [6.45, 7) is 6.31. The Hall–Kier alpha value is -3.60. The van der Waals surface area contributed by atoms with E-state index in [1.54, 1.807) is 0 Å². The van der Waals surface area contributed by atoms with Crippen LogP contribution < -0.4 is 9.64 Å². The number of amides is 2. The van der Waals surface area contributed by atoms with E-state index in [9.17, 15) is 9.59 Å². The first kappa shape index (κ1) is 21.3. The average molecular weight is 441 g/mol. The number of imide groups is 1. The summed E-state index contributed by atoms with van der Waals surface area (Å²) in [5.74, 6) is 0.860. The number of carbonyl (C=O) groups is 2. The minimum absolute atomic E-state index is 0.241. The Labute approximate surface area is 194 Å². The van der Waals surface area contributed by atoms with Crippen LogP contribution in [-0.4, -0.2) is 36.4 Å². The lowest BCUT2D eigenvalue weighted by Gasteiger charge is -2.32. The third-order valence-corrected chi connectivity index (χ3v) is 6.62. The molecule has 0 radical (unpaired) electrons. The lowest BCUT2D eigenvalue weighted by Crippen LogP contribution is -2.38. The van der Waals surface area contributed by atoms with E-state index in [1.165, 1.54) is 4.90 Å². The zero-order valence-electron chi connectivity index (χ0n) is 19.1. The molecule has 3 aromatic carbocycles. The van der Waals surface area contributed by atoms with E-state index in [2.05, 4.69) is 11.8 Å². The fourth-order valence-electron chi connectivity index (χ4n) is 4.81. The van der Waals surface area contributed by atoms with Crippen LogP contribution in [0.5, 0.6) is 5.75 Å². The van der Waals surface area contributed by atoms with Crippen LogP contribution in [0.25, 0.3) is 16.3 Å². The highest BCUT2D eigenvalue weighted by Crippen LogP contribution is 2.39. The summed E-state index contributed by atoms with van der Waals surface area (Å²) in [5, 5.41) is 1.89. The topological polar surface area (TPSA) is 49.9 Å². The number of piperidine rings is 1.